The maximum Gasteiger partial charge on any atom is 0.314 e. The number of hydrogen-bond donors (Lipinski definition) is 1. The monoisotopic (exact) mass is 319 g/mol. The highest BCUT2D eigenvalue weighted by molar-refractivity contribution is 5.84. The first-order chi connectivity index (χ1) is 11.1. The molecule has 2 fully saturated rings. The Bertz CT molecular complexity index is 574. The van der Waals surface area contributed by atoms with E-state index in [1.165, 1.54) is 0 Å². The van der Waals surface area contributed by atoms with Gasteiger partial charge in [0.1, 0.15) is 6.10 Å². The minimum atomic E-state index is -0.808. The van der Waals surface area contributed by atoms with Crippen LogP contribution in [0.5, 0.6) is 11.5 Å². The molecule has 3 rings (SSSR count). The Morgan fingerprint density at radius 2 is 2.00 bits per heavy atom. The first-order valence-corrected chi connectivity index (χ1v) is 8.33. The summed E-state index contributed by atoms with van der Waals surface area (Å²) >= 11 is 0. The number of para-hydroxylation sites is 1. The highest BCUT2D eigenvalue weighted by Crippen LogP contribution is 2.49. The van der Waals surface area contributed by atoms with E-state index >= 15 is 0 Å². The second-order valence-corrected chi connectivity index (χ2v) is 6.70. The molecule has 0 radical (unpaired) electrons. The summed E-state index contributed by atoms with van der Waals surface area (Å²) in [6, 6.07) is 5.63. The summed E-state index contributed by atoms with van der Waals surface area (Å²) in [7, 11) is 3.71. The predicted molar refractivity (Wildman–Crippen MR) is 87.3 cm³/mol. The zero-order valence-corrected chi connectivity index (χ0v) is 13.9. The maximum atomic E-state index is 11.8. The Kier molecular flexibility index (Phi) is 4.48. The molecule has 1 N–H and O–H groups in total. The SMILES string of the molecule is COc1c(OC2CCN(C)CC2)cccc1C1(C(=O)O)CCC1. The smallest absolute Gasteiger partial charge is 0.314 e. The van der Waals surface area contributed by atoms with E-state index in [0.717, 1.165) is 37.9 Å². The van der Waals surface area contributed by atoms with E-state index in [2.05, 4.69) is 11.9 Å². The molecule has 0 aromatic heterocycles. The van der Waals surface area contributed by atoms with Gasteiger partial charge in [-0.25, -0.2) is 0 Å². The van der Waals surface area contributed by atoms with Crippen LogP contribution >= 0.6 is 0 Å². The van der Waals surface area contributed by atoms with Crippen LogP contribution < -0.4 is 9.47 Å². The lowest BCUT2D eigenvalue weighted by Crippen LogP contribution is -2.42. The maximum absolute atomic E-state index is 11.8. The molecule has 0 bridgehead atoms. The summed E-state index contributed by atoms with van der Waals surface area (Å²) in [6.45, 7) is 2.04. The molecule has 0 spiro atoms. The van der Waals surface area contributed by atoms with E-state index < -0.39 is 11.4 Å². The van der Waals surface area contributed by atoms with Crippen LogP contribution in [0.3, 0.4) is 0 Å². The van der Waals surface area contributed by atoms with Gasteiger partial charge in [0, 0.05) is 18.7 Å². The molecule has 5 nitrogen and oxygen atoms in total. The Balaban J connectivity index is 1.87. The van der Waals surface area contributed by atoms with Crippen molar-refractivity contribution in [3.8, 4) is 11.5 Å². The Hall–Kier alpha value is -1.75. The molecule has 0 amide bonds. The molecule has 1 aromatic rings. The molecule has 0 unspecified atom stereocenters. The quantitative estimate of drug-likeness (QED) is 0.904. The minimum absolute atomic E-state index is 0.164. The minimum Gasteiger partial charge on any atom is -0.493 e. The molecule has 1 saturated heterocycles. The highest BCUT2D eigenvalue weighted by atomic mass is 16.5. The first-order valence-electron chi connectivity index (χ1n) is 8.33. The number of ether oxygens (including phenoxy) is 2. The summed E-state index contributed by atoms with van der Waals surface area (Å²) in [5, 5.41) is 9.70. The van der Waals surface area contributed by atoms with Crippen molar-refractivity contribution in [3.05, 3.63) is 23.8 Å². The number of nitrogens with zero attached hydrogens (tertiary/aromatic N) is 1. The molecular formula is C18H25NO4. The number of methoxy groups -OCH3 is 1. The number of aliphatic carboxylic acids is 1. The average molecular weight is 319 g/mol. The highest BCUT2D eigenvalue weighted by Gasteiger charge is 2.48. The number of piperidine rings is 1. The summed E-state index contributed by atoms with van der Waals surface area (Å²) in [4.78, 5) is 14.1. The van der Waals surface area contributed by atoms with Gasteiger partial charge < -0.3 is 19.5 Å². The lowest BCUT2D eigenvalue weighted by Gasteiger charge is -2.39. The summed E-state index contributed by atoms with van der Waals surface area (Å²) in [6.07, 6.45) is 4.39. The molecule has 1 heterocycles. The van der Waals surface area contributed by atoms with Crippen molar-refractivity contribution in [2.45, 2.75) is 43.6 Å². The molecule has 1 aromatic carbocycles. The van der Waals surface area contributed by atoms with Crippen LogP contribution in [0.15, 0.2) is 18.2 Å². The summed E-state index contributed by atoms with van der Waals surface area (Å²) in [5.41, 5.74) is -0.0542. The van der Waals surface area contributed by atoms with Gasteiger partial charge in [-0.05, 0) is 38.8 Å². The van der Waals surface area contributed by atoms with E-state index in [4.69, 9.17) is 9.47 Å². The topological polar surface area (TPSA) is 59.0 Å². The molecule has 2 aliphatic rings. The Labute approximate surface area is 137 Å². The van der Waals surface area contributed by atoms with Gasteiger partial charge >= 0.3 is 5.97 Å². The van der Waals surface area contributed by atoms with Crippen molar-refractivity contribution in [2.75, 3.05) is 27.2 Å². The van der Waals surface area contributed by atoms with Crippen molar-refractivity contribution >= 4 is 5.97 Å². The van der Waals surface area contributed by atoms with E-state index in [0.29, 0.717) is 24.3 Å². The second kappa shape index (κ2) is 6.40. The van der Waals surface area contributed by atoms with E-state index in [-0.39, 0.29) is 6.10 Å². The van der Waals surface area contributed by atoms with Gasteiger partial charge in [0.05, 0.1) is 12.5 Å². The number of benzene rings is 1. The zero-order valence-electron chi connectivity index (χ0n) is 13.9. The van der Waals surface area contributed by atoms with Gasteiger partial charge in [0.15, 0.2) is 11.5 Å². The van der Waals surface area contributed by atoms with E-state index in [1.54, 1.807) is 7.11 Å². The van der Waals surface area contributed by atoms with Crippen LogP contribution in [0, 0.1) is 0 Å². The van der Waals surface area contributed by atoms with Gasteiger partial charge in [-0.2, -0.15) is 0 Å². The van der Waals surface area contributed by atoms with Gasteiger partial charge in [-0.1, -0.05) is 18.6 Å². The largest absolute Gasteiger partial charge is 0.493 e. The van der Waals surface area contributed by atoms with E-state index in [9.17, 15) is 9.90 Å². The van der Waals surface area contributed by atoms with Crippen LogP contribution in [0.4, 0.5) is 0 Å². The van der Waals surface area contributed by atoms with Crippen molar-refractivity contribution in [3.63, 3.8) is 0 Å². The summed E-state index contributed by atoms with van der Waals surface area (Å²) in [5.74, 6) is 0.499. The predicted octanol–water partition coefficient (Wildman–Crippen LogP) is 2.67. The fourth-order valence-corrected chi connectivity index (χ4v) is 3.61. The fraction of sp³-hybridized carbons (Fsp3) is 0.611. The van der Waals surface area contributed by atoms with Gasteiger partial charge in [0.25, 0.3) is 0 Å². The normalized spacial score (nSPS) is 21.5. The van der Waals surface area contributed by atoms with Gasteiger partial charge in [-0.3, -0.25) is 4.79 Å². The molecule has 1 saturated carbocycles. The van der Waals surface area contributed by atoms with Crippen molar-refractivity contribution in [1.29, 1.82) is 0 Å². The lowest BCUT2D eigenvalue weighted by molar-refractivity contribution is -0.147. The van der Waals surface area contributed by atoms with Crippen molar-refractivity contribution in [1.82, 2.24) is 4.90 Å². The Morgan fingerprint density at radius 3 is 2.52 bits per heavy atom. The van der Waals surface area contributed by atoms with Crippen LogP contribution in [-0.2, 0) is 10.2 Å². The van der Waals surface area contributed by atoms with Crippen LogP contribution in [0.2, 0.25) is 0 Å². The molecule has 1 aliphatic carbocycles. The molecule has 23 heavy (non-hydrogen) atoms. The molecule has 0 atom stereocenters. The van der Waals surface area contributed by atoms with Crippen LogP contribution in [0.25, 0.3) is 0 Å². The standard InChI is InChI=1S/C18H25NO4/c1-19-11-7-13(8-12-19)23-15-6-3-5-14(16(15)22-2)18(17(20)21)9-4-10-18/h3,5-6,13H,4,7-12H2,1-2H3,(H,20,21). The molecule has 5 heteroatoms. The average Bonchev–Trinajstić information content (AvgIpc) is 2.48. The fourth-order valence-electron chi connectivity index (χ4n) is 3.61. The third kappa shape index (κ3) is 2.90. The number of hydrogen-bond acceptors (Lipinski definition) is 4. The first kappa shape index (κ1) is 16.1. The van der Waals surface area contributed by atoms with Gasteiger partial charge in [-0.15, -0.1) is 0 Å². The van der Waals surface area contributed by atoms with Crippen molar-refractivity contribution in [2.24, 2.45) is 0 Å². The second-order valence-electron chi connectivity index (χ2n) is 6.70. The van der Waals surface area contributed by atoms with Crippen molar-refractivity contribution < 1.29 is 19.4 Å². The molecular weight excluding hydrogens is 294 g/mol. The Morgan fingerprint density at radius 1 is 1.30 bits per heavy atom. The zero-order chi connectivity index (χ0) is 16.4. The summed E-state index contributed by atoms with van der Waals surface area (Å²) < 4.78 is 11.7. The molecule has 1 aliphatic heterocycles. The van der Waals surface area contributed by atoms with E-state index in [1.807, 2.05) is 18.2 Å². The number of likely N-dealkylation sites (tertiary alicyclic amines) is 1. The van der Waals surface area contributed by atoms with Crippen LogP contribution in [-0.4, -0.2) is 49.3 Å². The van der Waals surface area contributed by atoms with Crippen LogP contribution in [0.1, 0.15) is 37.7 Å². The number of rotatable bonds is 5. The van der Waals surface area contributed by atoms with Gasteiger partial charge in [0.2, 0.25) is 0 Å². The third-order valence-corrected chi connectivity index (χ3v) is 5.27. The number of carboxylic acid groups (broad SMARTS) is 1. The number of carboxylic acids is 1. The lowest BCUT2D eigenvalue weighted by atomic mass is 9.64. The third-order valence-electron chi connectivity index (χ3n) is 5.27. The number of carbonyl (C=O) groups is 1. The molecule has 126 valence electrons.